The Morgan fingerprint density at radius 2 is 1.68 bits per heavy atom. The number of hydrogen-bond donors (Lipinski definition) is 1. The first-order chi connectivity index (χ1) is 11.9. The zero-order valence-corrected chi connectivity index (χ0v) is 15.4. The second-order valence-electron chi connectivity index (χ2n) is 7.77. The maximum Gasteiger partial charge on any atom is 0.255 e. The summed E-state index contributed by atoms with van der Waals surface area (Å²) in [4.78, 5) is 18.8. The highest BCUT2D eigenvalue weighted by Crippen LogP contribution is 2.25. The van der Waals surface area contributed by atoms with Crippen molar-refractivity contribution in [2.45, 2.75) is 45.4 Å². The molecule has 1 aliphatic heterocycles. The van der Waals surface area contributed by atoms with Gasteiger partial charge in [0, 0.05) is 25.0 Å². The van der Waals surface area contributed by atoms with E-state index in [1.165, 1.54) is 12.0 Å². The van der Waals surface area contributed by atoms with E-state index in [2.05, 4.69) is 55.3 Å². The first-order valence-electron chi connectivity index (χ1n) is 9.05. The lowest BCUT2D eigenvalue weighted by atomic mass is 9.87. The molecule has 1 aromatic carbocycles. The van der Waals surface area contributed by atoms with E-state index in [1.807, 2.05) is 11.0 Å². The summed E-state index contributed by atoms with van der Waals surface area (Å²) in [6.07, 6.45) is 6.82. The molecule has 1 fully saturated rings. The Hall–Kier alpha value is -2.36. The molecular weight excluding hydrogens is 310 g/mol. The highest BCUT2D eigenvalue weighted by Gasteiger charge is 2.18. The summed E-state index contributed by atoms with van der Waals surface area (Å²) in [5.41, 5.74) is 3.92. The van der Waals surface area contributed by atoms with Crippen LogP contribution in [0.1, 0.15) is 56.0 Å². The van der Waals surface area contributed by atoms with Crippen LogP contribution in [-0.4, -0.2) is 28.9 Å². The van der Waals surface area contributed by atoms with Crippen molar-refractivity contribution in [3.05, 3.63) is 53.9 Å². The third kappa shape index (κ3) is 4.38. The third-order valence-corrected chi connectivity index (χ3v) is 4.67. The second-order valence-corrected chi connectivity index (χ2v) is 7.77. The van der Waals surface area contributed by atoms with Gasteiger partial charge in [0.25, 0.3) is 5.91 Å². The molecule has 2 heterocycles. The van der Waals surface area contributed by atoms with Gasteiger partial charge < -0.3 is 10.2 Å². The molecule has 1 aliphatic rings. The molecule has 25 heavy (non-hydrogen) atoms. The van der Waals surface area contributed by atoms with Gasteiger partial charge >= 0.3 is 0 Å². The number of amides is 1. The van der Waals surface area contributed by atoms with Gasteiger partial charge in [0.2, 0.25) is 0 Å². The third-order valence-electron chi connectivity index (χ3n) is 4.67. The van der Waals surface area contributed by atoms with Crippen molar-refractivity contribution in [1.82, 2.24) is 9.88 Å². The van der Waals surface area contributed by atoms with E-state index in [0.717, 1.165) is 37.3 Å². The number of benzene rings is 1. The Morgan fingerprint density at radius 3 is 2.32 bits per heavy atom. The van der Waals surface area contributed by atoms with Crippen molar-refractivity contribution in [2.24, 2.45) is 0 Å². The predicted molar refractivity (Wildman–Crippen MR) is 102 cm³/mol. The summed E-state index contributed by atoms with van der Waals surface area (Å²) in [7, 11) is 0. The SMILES string of the molecule is CC(C)(C)c1ccc(Nc2cncc(C(=O)N3CCCCC3)c2)cc1. The molecule has 0 bridgehead atoms. The molecule has 1 aromatic heterocycles. The number of rotatable bonds is 3. The average molecular weight is 337 g/mol. The maximum absolute atomic E-state index is 12.6. The average Bonchev–Trinajstić information content (AvgIpc) is 2.62. The van der Waals surface area contributed by atoms with Crippen molar-refractivity contribution in [3.8, 4) is 0 Å². The number of piperidine rings is 1. The number of carbonyl (C=O) groups is 1. The fraction of sp³-hybridized carbons (Fsp3) is 0.429. The van der Waals surface area contributed by atoms with Gasteiger partial charge in [-0.05, 0) is 48.4 Å². The van der Waals surface area contributed by atoms with Crippen LogP contribution in [0.25, 0.3) is 0 Å². The first-order valence-corrected chi connectivity index (χ1v) is 9.05. The Kier molecular flexibility index (Phi) is 5.07. The van der Waals surface area contributed by atoms with E-state index in [4.69, 9.17) is 0 Å². The lowest BCUT2D eigenvalue weighted by Gasteiger charge is -2.26. The fourth-order valence-electron chi connectivity index (χ4n) is 3.13. The number of hydrogen-bond acceptors (Lipinski definition) is 3. The van der Waals surface area contributed by atoms with Gasteiger partial charge in [0.15, 0.2) is 0 Å². The zero-order valence-electron chi connectivity index (χ0n) is 15.4. The highest BCUT2D eigenvalue weighted by atomic mass is 16.2. The van der Waals surface area contributed by atoms with Crippen molar-refractivity contribution in [2.75, 3.05) is 18.4 Å². The lowest BCUT2D eigenvalue weighted by molar-refractivity contribution is 0.0724. The van der Waals surface area contributed by atoms with E-state index in [9.17, 15) is 4.79 Å². The van der Waals surface area contributed by atoms with Gasteiger partial charge in [0.05, 0.1) is 17.4 Å². The van der Waals surface area contributed by atoms with Crippen LogP contribution < -0.4 is 5.32 Å². The summed E-state index contributed by atoms with van der Waals surface area (Å²) in [6.45, 7) is 8.31. The Labute approximate surface area is 150 Å². The second kappa shape index (κ2) is 7.26. The number of pyridine rings is 1. The van der Waals surface area contributed by atoms with Crippen molar-refractivity contribution < 1.29 is 4.79 Å². The molecule has 4 heteroatoms. The van der Waals surface area contributed by atoms with E-state index in [-0.39, 0.29) is 11.3 Å². The number of nitrogens with one attached hydrogen (secondary N) is 1. The molecule has 0 atom stereocenters. The number of likely N-dealkylation sites (tertiary alicyclic amines) is 1. The molecule has 0 spiro atoms. The molecule has 1 amide bonds. The summed E-state index contributed by atoms with van der Waals surface area (Å²) in [5.74, 6) is 0.0823. The van der Waals surface area contributed by atoms with Crippen LogP contribution in [0, 0.1) is 0 Å². The molecule has 3 rings (SSSR count). The van der Waals surface area contributed by atoms with Crippen LogP contribution >= 0.6 is 0 Å². The Bertz CT molecular complexity index is 726. The molecule has 1 N–H and O–H groups in total. The normalized spacial score (nSPS) is 15.1. The largest absolute Gasteiger partial charge is 0.354 e. The zero-order chi connectivity index (χ0) is 17.9. The molecule has 132 valence electrons. The minimum absolute atomic E-state index is 0.0823. The maximum atomic E-state index is 12.6. The van der Waals surface area contributed by atoms with Crippen LogP contribution in [0.2, 0.25) is 0 Å². The molecule has 4 nitrogen and oxygen atoms in total. The van der Waals surface area contributed by atoms with E-state index in [1.54, 1.807) is 12.4 Å². The van der Waals surface area contributed by atoms with Gasteiger partial charge in [-0.25, -0.2) is 0 Å². The first kappa shape index (κ1) is 17.5. The minimum Gasteiger partial charge on any atom is -0.354 e. The van der Waals surface area contributed by atoms with Gasteiger partial charge in [-0.3, -0.25) is 9.78 Å². The van der Waals surface area contributed by atoms with Crippen molar-refractivity contribution in [1.29, 1.82) is 0 Å². The highest BCUT2D eigenvalue weighted by molar-refractivity contribution is 5.95. The molecule has 0 radical (unpaired) electrons. The van der Waals surface area contributed by atoms with Gasteiger partial charge in [-0.2, -0.15) is 0 Å². The number of nitrogens with zero attached hydrogens (tertiary/aromatic N) is 2. The van der Waals surface area contributed by atoms with E-state index >= 15 is 0 Å². The number of anilines is 2. The number of aromatic nitrogens is 1. The number of carbonyl (C=O) groups excluding carboxylic acids is 1. The minimum atomic E-state index is 0.0823. The van der Waals surface area contributed by atoms with Crippen molar-refractivity contribution in [3.63, 3.8) is 0 Å². The van der Waals surface area contributed by atoms with Crippen LogP contribution in [0.15, 0.2) is 42.7 Å². The van der Waals surface area contributed by atoms with E-state index in [0.29, 0.717) is 5.56 Å². The molecule has 1 saturated heterocycles. The van der Waals surface area contributed by atoms with E-state index < -0.39 is 0 Å². The molecule has 0 unspecified atom stereocenters. The molecule has 2 aromatic rings. The van der Waals surface area contributed by atoms with Crippen LogP contribution in [0.5, 0.6) is 0 Å². The molecule has 0 aliphatic carbocycles. The smallest absolute Gasteiger partial charge is 0.255 e. The van der Waals surface area contributed by atoms with Gasteiger partial charge in [-0.1, -0.05) is 32.9 Å². The Morgan fingerprint density at radius 1 is 1.00 bits per heavy atom. The monoisotopic (exact) mass is 337 g/mol. The summed E-state index contributed by atoms with van der Waals surface area (Å²) in [6, 6.07) is 10.3. The van der Waals surface area contributed by atoms with Crippen LogP contribution in [-0.2, 0) is 5.41 Å². The quantitative estimate of drug-likeness (QED) is 0.879. The Balaban J connectivity index is 1.72. The molecular formula is C21H27N3O. The topological polar surface area (TPSA) is 45.2 Å². The standard InChI is InChI=1S/C21H27N3O/c1-21(2,3)17-7-9-18(10-8-17)23-19-13-16(14-22-15-19)20(25)24-11-5-4-6-12-24/h7-10,13-15,23H,4-6,11-12H2,1-3H3. The lowest BCUT2D eigenvalue weighted by Crippen LogP contribution is -2.35. The summed E-state index contributed by atoms with van der Waals surface area (Å²) >= 11 is 0. The van der Waals surface area contributed by atoms with Crippen LogP contribution in [0.4, 0.5) is 11.4 Å². The van der Waals surface area contributed by atoms with Crippen molar-refractivity contribution >= 4 is 17.3 Å². The molecule has 0 saturated carbocycles. The fourth-order valence-corrected chi connectivity index (χ4v) is 3.13. The van der Waals surface area contributed by atoms with Crippen LogP contribution in [0.3, 0.4) is 0 Å². The predicted octanol–water partition coefficient (Wildman–Crippen LogP) is 4.75. The van der Waals surface area contributed by atoms with Gasteiger partial charge in [-0.15, -0.1) is 0 Å². The summed E-state index contributed by atoms with van der Waals surface area (Å²) in [5, 5.41) is 3.35. The summed E-state index contributed by atoms with van der Waals surface area (Å²) < 4.78 is 0. The van der Waals surface area contributed by atoms with Gasteiger partial charge in [0.1, 0.15) is 0 Å².